The van der Waals surface area contributed by atoms with Crippen LogP contribution in [-0.2, 0) is 4.74 Å². The van der Waals surface area contributed by atoms with Crippen molar-refractivity contribution in [1.82, 2.24) is 4.90 Å². The SMILES string of the molecule is CCO[C@@H]1CCCC[C@@H]1N(CC)CC. The van der Waals surface area contributed by atoms with Crippen LogP contribution in [0.3, 0.4) is 0 Å². The molecule has 0 aliphatic heterocycles. The largest absolute Gasteiger partial charge is 0.377 e. The molecule has 84 valence electrons. The number of ether oxygens (including phenoxy) is 1. The van der Waals surface area contributed by atoms with Gasteiger partial charge >= 0.3 is 0 Å². The topological polar surface area (TPSA) is 12.5 Å². The Kier molecular flexibility index (Phi) is 5.49. The smallest absolute Gasteiger partial charge is 0.0730 e. The Hall–Kier alpha value is -0.0800. The average Bonchev–Trinajstić information content (AvgIpc) is 2.23. The quantitative estimate of drug-likeness (QED) is 0.675. The highest BCUT2D eigenvalue weighted by Crippen LogP contribution is 2.25. The van der Waals surface area contributed by atoms with E-state index in [0.29, 0.717) is 12.1 Å². The fraction of sp³-hybridized carbons (Fsp3) is 1.00. The zero-order valence-corrected chi connectivity index (χ0v) is 9.96. The van der Waals surface area contributed by atoms with Crippen LogP contribution in [0.15, 0.2) is 0 Å². The van der Waals surface area contributed by atoms with Crippen molar-refractivity contribution in [3.8, 4) is 0 Å². The van der Waals surface area contributed by atoms with Gasteiger partial charge in [-0.05, 0) is 32.9 Å². The second-order valence-electron chi connectivity index (χ2n) is 4.07. The highest BCUT2D eigenvalue weighted by Gasteiger charge is 2.28. The van der Waals surface area contributed by atoms with Gasteiger partial charge in [0.15, 0.2) is 0 Å². The van der Waals surface area contributed by atoms with Crippen molar-refractivity contribution in [3.63, 3.8) is 0 Å². The Balaban J connectivity index is 2.51. The van der Waals surface area contributed by atoms with Crippen LogP contribution in [0.25, 0.3) is 0 Å². The van der Waals surface area contributed by atoms with Gasteiger partial charge in [0, 0.05) is 12.6 Å². The number of nitrogens with zero attached hydrogens (tertiary/aromatic N) is 1. The molecule has 0 N–H and O–H groups in total. The lowest BCUT2D eigenvalue weighted by Gasteiger charge is -2.38. The summed E-state index contributed by atoms with van der Waals surface area (Å²) in [4.78, 5) is 2.56. The Morgan fingerprint density at radius 1 is 1.07 bits per heavy atom. The first-order valence-electron chi connectivity index (χ1n) is 6.19. The van der Waals surface area contributed by atoms with Gasteiger partial charge in [-0.15, -0.1) is 0 Å². The van der Waals surface area contributed by atoms with E-state index in [9.17, 15) is 0 Å². The zero-order chi connectivity index (χ0) is 10.4. The summed E-state index contributed by atoms with van der Waals surface area (Å²) in [6.07, 6.45) is 5.81. The maximum atomic E-state index is 5.84. The van der Waals surface area contributed by atoms with Gasteiger partial charge in [0.2, 0.25) is 0 Å². The molecule has 1 aliphatic carbocycles. The van der Waals surface area contributed by atoms with E-state index in [2.05, 4.69) is 25.7 Å². The summed E-state index contributed by atoms with van der Waals surface area (Å²) in [7, 11) is 0. The van der Waals surface area contributed by atoms with Gasteiger partial charge in [-0.25, -0.2) is 0 Å². The zero-order valence-electron chi connectivity index (χ0n) is 9.96. The number of rotatable bonds is 5. The fourth-order valence-corrected chi connectivity index (χ4v) is 2.60. The Morgan fingerprint density at radius 2 is 1.71 bits per heavy atom. The Morgan fingerprint density at radius 3 is 2.29 bits per heavy atom. The van der Waals surface area contributed by atoms with Gasteiger partial charge in [-0.3, -0.25) is 4.90 Å². The maximum Gasteiger partial charge on any atom is 0.0730 e. The molecule has 1 fully saturated rings. The van der Waals surface area contributed by atoms with Crippen LogP contribution in [0.5, 0.6) is 0 Å². The maximum absolute atomic E-state index is 5.84. The first-order chi connectivity index (χ1) is 6.83. The molecule has 0 aromatic rings. The predicted octanol–water partition coefficient (Wildman–Crippen LogP) is 2.68. The predicted molar refractivity (Wildman–Crippen MR) is 60.6 cm³/mol. The van der Waals surface area contributed by atoms with Gasteiger partial charge in [0.1, 0.15) is 0 Å². The Labute approximate surface area is 88.6 Å². The molecule has 1 saturated carbocycles. The molecule has 1 rings (SSSR count). The van der Waals surface area contributed by atoms with Gasteiger partial charge in [0.05, 0.1) is 6.10 Å². The Bertz CT molecular complexity index is 143. The summed E-state index contributed by atoms with van der Waals surface area (Å²) in [5.74, 6) is 0. The van der Waals surface area contributed by atoms with E-state index in [1.807, 2.05) is 0 Å². The van der Waals surface area contributed by atoms with Gasteiger partial charge in [0.25, 0.3) is 0 Å². The molecule has 2 atom stereocenters. The number of hydrogen-bond acceptors (Lipinski definition) is 2. The number of likely N-dealkylation sites (N-methyl/N-ethyl adjacent to an activating group) is 1. The van der Waals surface area contributed by atoms with Crippen LogP contribution in [0.2, 0.25) is 0 Å². The van der Waals surface area contributed by atoms with E-state index in [-0.39, 0.29) is 0 Å². The van der Waals surface area contributed by atoms with Crippen molar-refractivity contribution in [3.05, 3.63) is 0 Å². The van der Waals surface area contributed by atoms with E-state index < -0.39 is 0 Å². The van der Waals surface area contributed by atoms with Crippen molar-refractivity contribution in [2.24, 2.45) is 0 Å². The average molecular weight is 199 g/mol. The van der Waals surface area contributed by atoms with Crippen molar-refractivity contribution < 1.29 is 4.74 Å². The lowest BCUT2D eigenvalue weighted by Crippen LogP contribution is -2.46. The summed E-state index contributed by atoms with van der Waals surface area (Å²) >= 11 is 0. The molecule has 14 heavy (non-hydrogen) atoms. The van der Waals surface area contributed by atoms with Gasteiger partial charge in [-0.2, -0.15) is 0 Å². The molecular formula is C12H25NO. The van der Waals surface area contributed by atoms with Gasteiger partial charge in [-0.1, -0.05) is 26.7 Å². The van der Waals surface area contributed by atoms with Gasteiger partial charge < -0.3 is 4.74 Å². The number of hydrogen-bond donors (Lipinski definition) is 0. The molecular weight excluding hydrogens is 174 g/mol. The minimum Gasteiger partial charge on any atom is -0.377 e. The fourth-order valence-electron chi connectivity index (χ4n) is 2.60. The second-order valence-corrected chi connectivity index (χ2v) is 4.07. The van der Waals surface area contributed by atoms with E-state index >= 15 is 0 Å². The lowest BCUT2D eigenvalue weighted by molar-refractivity contribution is -0.0287. The highest BCUT2D eigenvalue weighted by molar-refractivity contribution is 4.83. The molecule has 0 spiro atoms. The van der Waals surface area contributed by atoms with E-state index in [4.69, 9.17) is 4.74 Å². The van der Waals surface area contributed by atoms with E-state index in [0.717, 1.165) is 19.7 Å². The molecule has 0 radical (unpaired) electrons. The van der Waals surface area contributed by atoms with Crippen LogP contribution in [-0.4, -0.2) is 36.7 Å². The van der Waals surface area contributed by atoms with Crippen LogP contribution >= 0.6 is 0 Å². The molecule has 0 heterocycles. The standard InChI is InChI=1S/C12H25NO/c1-4-13(5-2)11-9-7-8-10-12(11)14-6-3/h11-12H,4-10H2,1-3H3/t11-,12+/m0/s1. The third-order valence-corrected chi connectivity index (χ3v) is 3.33. The lowest BCUT2D eigenvalue weighted by atomic mass is 9.91. The summed E-state index contributed by atoms with van der Waals surface area (Å²) in [5, 5.41) is 0. The molecule has 0 saturated heterocycles. The molecule has 1 aliphatic rings. The minimum absolute atomic E-state index is 0.494. The minimum atomic E-state index is 0.494. The van der Waals surface area contributed by atoms with Crippen LogP contribution in [0, 0.1) is 0 Å². The summed E-state index contributed by atoms with van der Waals surface area (Å²) in [6.45, 7) is 9.79. The highest BCUT2D eigenvalue weighted by atomic mass is 16.5. The van der Waals surface area contributed by atoms with Crippen molar-refractivity contribution >= 4 is 0 Å². The first kappa shape index (κ1) is 12.0. The second kappa shape index (κ2) is 6.41. The third-order valence-electron chi connectivity index (χ3n) is 3.33. The summed E-state index contributed by atoms with van der Waals surface area (Å²) < 4.78 is 5.84. The normalized spacial score (nSPS) is 28.3. The molecule has 0 aromatic heterocycles. The first-order valence-corrected chi connectivity index (χ1v) is 6.19. The summed E-state index contributed by atoms with van der Waals surface area (Å²) in [5.41, 5.74) is 0. The van der Waals surface area contributed by atoms with E-state index in [1.54, 1.807) is 0 Å². The molecule has 0 aromatic carbocycles. The van der Waals surface area contributed by atoms with Crippen molar-refractivity contribution in [2.45, 2.75) is 58.6 Å². The monoisotopic (exact) mass is 199 g/mol. The third kappa shape index (κ3) is 2.96. The summed E-state index contributed by atoms with van der Waals surface area (Å²) in [6, 6.07) is 0.679. The van der Waals surface area contributed by atoms with Crippen LogP contribution < -0.4 is 0 Å². The molecule has 0 amide bonds. The van der Waals surface area contributed by atoms with E-state index in [1.165, 1.54) is 25.7 Å². The molecule has 2 heteroatoms. The molecule has 0 unspecified atom stereocenters. The van der Waals surface area contributed by atoms with Crippen LogP contribution in [0.1, 0.15) is 46.5 Å². The van der Waals surface area contributed by atoms with Crippen molar-refractivity contribution in [1.29, 1.82) is 0 Å². The molecule has 0 bridgehead atoms. The van der Waals surface area contributed by atoms with Crippen LogP contribution in [0.4, 0.5) is 0 Å². The van der Waals surface area contributed by atoms with Crippen molar-refractivity contribution in [2.75, 3.05) is 19.7 Å². The molecule has 2 nitrogen and oxygen atoms in total.